The summed E-state index contributed by atoms with van der Waals surface area (Å²) in [7, 11) is 0. The van der Waals surface area contributed by atoms with Crippen LogP contribution < -0.4 is 5.73 Å². The number of aromatic amines is 1. The fourth-order valence-corrected chi connectivity index (χ4v) is 2.11. The van der Waals surface area contributed by atoms with Gasteiger partial charge >= 0.3 is 0 Å². The quantitative estimate of drug-likeness (QED) is 0.755. The molecule has 0 aliphatic rings. The predicted octanol–water partition coefficient (Wildman–Crippen LogP) is 3.23. The highest BCUT2D eigenvalue weighted by Crippen LogP contribution is 2.28. The van der Waals surface area contributed by atoms with Crippen molar-refractivity contribution < 1.29 is 0 Å². The fraction of sp³-hybridized carbons (Fsp3) is 0.429. The third kappa shape index (κ3) is 1.74. The molecule has 0 bridgehead atoms. The minimum Gasteiger partial charge on any atom is -0.358 e. The van der Waals surface area contributed by atoms with Crippen molar-refractivity contribution >= 4 is 10.9 Å². The van der Waals surface area contributed by atoms with Crippen LogP contribution in [0.4, 0.5) is 0 Å². The van der Waals surface area contributed by atoms with Gasteiger partial charge in [-0.25, -0.2) is 0 Å². The number of hydrogen-bond acceptors (Lipinski definition) is 1. The third-order valence-electron chi connectivity index (χ3n) is 3.19. The summed E-state index contributed by atoms with van der Waals surface area (Å²) in [4.78, 5) is 3.38. The van der Waals surface area contributed by atoms with Crippen molar-refractivity contribution in [2.45, 2.75) is 39.7 Å². The summed E-state index contributed by atoms with van der Waals surface area (Å²) in [5, 5.41) is 1.27. The number of H-pyrrole nitrogens is 1. The molecular weight excluding hydrogens is 196 g/mol. The van der Waals surface area contributed by atoms with Crippen molar-refractivity contribution in [3.05, 3.63) is 35.0 Å². The molecule has 86 valence electrons. The lowest BCUT2D eigenvalue weighted by atomic mass is 9.86. The van der Waals surface area contributed by atoms with Crippen molar-refractivity contribution in [2.24, 2.45) is 5.73 Å². The van der Waals surface area contributed by atoms with Gasteiger partial charge in [-0.1, -0.05) is 26.8 Å². The molecular formula is C14H20N2. The number of aromatic nitrogens is 1. The molecule has 2 heteroatoms. The Bertz CT molecular complexity index is 515. The molecule has 16 heavy (non-hydrogen) atoms. The monoisotopic (exact) mass is 216 g/mol. The highest BCUT2D eigenvalue weighted by atomic mass is 14.7. The van der Waals surface area contributed by atoms with Crippen LogP contribution in [-0.4, -0.2) is 4.98 Å². The van der Waals surface area contributed by atoms with Crippen LogP contribution in [0.25, 0.3) is 10.9 Å². The van der Waals surface area contributed by atoms with Crippen molar-refractivity contribution in [2.75, 3.05) is 0 Å². The van der Waals surface area contributed by atoms with E-state index in [9.17, 15) is 0 Å². The number of hydrogen-bond donors (Lipinski definition) is 2. The fourth-order valence-electron chi connectivity index (χ4n) is 2.11. The first-order valence-electron chi connectivity index (χ1n) is 5.75. The number of fused-ring (bicyclic) bond motifs is 1. The van der Waals surface area contributed by atoms with Gasteiger partial charge in [0.1, 0.15) is 0 Å². The second-order valence-corrected chi connectivity index (χ2v) is 5.44. The van der Waals surface area contributed by atoms with Crippen molar-refractivity contribution in [3.63, 3.8) is 0 Å². The molecule has 0 unspecified atom stereocenters. The van der Waals surface area contributed by atoms with E-state index in [1.807, 2.05) is 0 Å². The normalized spacial score (nSPS) is 12.3. The van der Waals surface area contributed by atoms with Gasteiger partial charge < -0.3 is 10.7 Å². The molecule has 1 aromatic carbocycles. The predicted molar refractivity (Wildman–Crippen MR) is 69.6 cm³/mol. The molecule has 0 spiro atoms. The third-order valence-corrected chi connectivity index (χ3v) is 3.19. The van der Waals surface area contributed by atoms with Gasteiger partial charge in [-0.05, 0) is 35.6 Å². The van der Waals surface area contributed by atoms with Crippen LogP contribution in [0.2, 0.25) is 0 Å². The average Bonchev–Trinajstić information content (AvgIpc) is 2.50. The first kappa shape index (κ1) is 11.2. The highest BCUT2D eigenvalue weighted by molar-refractivity contribution is 5.85. The van der Waals surface area contributed by atoms with Crippen molar-refractivity contribution in [1.82, 2.24) is 4.98 Å². The largest absolute Gasteiger partial charge is 0.358 e. The van der Waals surface area contributed by atoms with Gasteiger partial charge in [-0.2, -0.15) is 0 Å². The smallest absolute Gasteiger partial charge is 0.0459 e. The summed E-state index contributed by atoms with van der Waals surface area (Å²) in [5.41, 5.74) is 10.9. The summed E-state index contributed by atoms with van der Waals surface area (Å²) >= 11 is 0. The zero-order chi connectivity index (χ0) is 11.9. The van der Waals surface area contributed by atoms with Crippen LogP contribution in [0, 0.1) is 6.92 Å². The van der Waals surface area contributed by atoms with Gasteiger partial charge in [0.15, 0.2) is 0 Å². The number of nitrogens with two attached hydrogens (primary N) is 1. The van der Waals surface area contributed by atoms with E-state index in [0.29, 0.717) is 6.54 Å². The van der Waals surface area contributed by atoms with Crippen molar-refractivity contribution in [3.8, 4) is 0 Å². The van der Waals surface area contributed by atoms with E-state index in [4.69, 9.17) is 5.73 Å². The molecule has 1 heterocycles. The van der Waals surface area contributed by atoms with Gasteiger partial charge in [-0.3, -0.25) is 0 Å². The SMILES string of the molecule is Cc1[nH]c2ccc(C(C)(C)C)cc2c1CN. The Kier molecular flexibility index (Phi) is 2.55. The lowest BCUT2D eigenvalue weighted by Gasteiger charge is -2.19. The van der Waals surface area contributed by atoms with Gasteiger partial charge in [0.25, 0.3) is 0 Å². The first-order chi connectivity index (χ1) is 7.43. The zero-order valence-electron chi connectivity index (χ0n) is 10.5. The van der Waals surface area contributed by atoms with Gasteiger partial charge in [0, 0.05) is 23.1 Å². The van der Waals surface area contributed by atoms with E-state index in [2.05, 4.69) is 50.9 Å². The molecule has 2 rings (SSSR count). The van der Waals surface area contributed by atoms with Crippen LogP contribution in [0.5, 0.6) is 0 Å². The second kappa shape index (κ2) is 3.63. The minimum absolute atomic E-state index is 0.186. The van der Waals surface area contributed by atoms with Crippen LogP contribution in [0.15, 0.2) is 18.2 Å². The van der Waals surface area contributed by atoms with Crippen LogP contribution >= 0.6 is 0 Å². The molecule has 2 nitrogen and oxygen atoms in total. The van der Waals surface area contributed by atoms with E-state index in [-0.39, 0.29) is 5.41 Å². The minimum atomic E-state index is 0.186. The Balaban J connectivity index is 2.69. The van der Waals surface area contributed by atoms with E-state index in [1.165, 1.54) is 27.7 Å². The number of rotatable bonds is 1. The van der Waals surface area contributed by atoms with Crippen molar-refractivity contribution in [1.29, 1.82) is 0 Å². The molecule has 3 N–H and O–H groups in total. The average molecular weight is 216 g/mol. The number of benzene rings is 1. The molecule has 0 radical (unpaired) electrons. The molecule has 0 saturated carbocycles. The van der Waals surface area contributed by atoms with Gasteiger partial charge in [-0.15, -0.1) is 0 Å². The maximum atomic E-state index is 5.80. The summed E-state index contributed by atoms with van der Waals surface area (Å²) in [6.45, 7) is 9.37. The van der Waals surface area contributed by atoms with Crippen LogP contribution in [0.3, 0.4) is 0 Å². The highest BCUT2D eigenvalue weighted by Gasteiger charge is 2.15. The van der Waals surface area contributed by atoms with Crippen LogP contribution in [-0.2, 0) is 12.0 Å². The Hall–Kier alpha value is -1.28. The van der Waals surface area contributed by atoms with Crippen LogP contribution in [0.1, 0.15) is 37.6 Å². The Labute approximate surface area is 96.9 Å². The Morgan fingerprint density at radius 2 is 1.94 bits per heavy atom. The summed E-state index contributed by atoms with van der Waals surface area (Å²) in [6.07, 6.45) is 0. The van der Waals surface area contributed by atoms with Gasteiger partial charge in [0.05, 0.1) is 0 Å². The van der Waals surface area contributed by atoms with E-state index < -0.39 is 0 Å². The van der Waals surface area contributed by atoms with E-state index in [0.717, 1.165) is 0 Å². The van der Waals surface area contributed by atoms with E-state index >= 15 is 0 Å². The molecule has 1 aromatic heterocycles. The Morgan fingerprint density at radius 1 is 1.25 bits per heavy atom. The lowest BCUT2D eigenvalue weighted by Crippen LogP contribution is -2.10. The first-order valence-corrected chi connectivity index (χ1v) is 5.75. The van der Waals surface area contributed by atoms with Gasteiger partial charge in [0.2, 0.25) is 0 Å². The molecule has 0 amide bonds. The summed E-state index contributed by atoms with van der Waals surface area (Å²) in [6, 6.07) is 6.61. The molecule has 0 atom stereocenters. The summed E-state index contributed by atoms with van der Waals surface area (Å²) < 4.78 is 0. The second-order valence-electron chi connectivity index (χ2n) is 5.44. The molecule has 0 aliphatic heterocycles. The lowest BCUT2D eigenvalue weighted by molar-refractivity contribution is 0.591. The number of aryl methyl sites for hydroxylation is 1. The number of nitrogens with one attached hydrogen (secondary N) is 1. The summed E-state index contributed by atoms with van der Waals surface area (Å²) in [5.74, 6) is 0. The standard InChI is InChI=1S/C14H20N2/c1-9-12(8-15)11-7-10(14(2,3)4)5-6-13(11)16-9/h5-7,16H,8,15H2,1-4H3. The maximum absolute atomic E-state index is 5.80. The molecule has 2 aromatic rings. The molecule has 0 fully saturated rings. The molecule has 0 aliphatic carbocycles. The zero-order valence-corrected chi connectivity index (χ0v) is 10.5. The van der Waals surface area contributed by atoms with E-state index in [1.54, 1.807) is 0 Å². The molecule has 0 saturated heterocycles. The topological polar surface area (TPSA) is 41.8 Å². The Morgan fingerprint density at radius 3 is 2.50 bits per heavy atom. The maximum Gasteiger partial charge on any atom is 0.0459 e.